The van der Waals surface area contributed by atoms with Crippen molar-refractivity contribution >= 4 is 27.5 Å². The van der Waals surface area contributed by atoms with Crippen LogP contribution in [0.1, 0.15) is 49.2 Å². The molecule has 2 fully saturated rings. The fourth-order valence-electron chi connectivity index (χ4n) is 2.01. The Kier molecular flexibility index (Phi) is 2.90. The van der Waals surface area contributed by atoms with E-state index in [0.717, 1.165) is 35.4 Å². The average molecular weight is 304 g/mol. The van der Waals surface area contributed by atoms with Crippen molar-refractivity contribution in [3.63, 3.8) is 0 Å². The Morgan fingerprint density at radius 2 is 2.06 bits per heavy atom. The lowest BCUT2D eigenvalue weighted by Crippen LogP contribution is -2.06. The van der Waals surface area contributed by atoms with Gasteiger partial charge in [0.05, 0.1) is 10.2 Å². The molecule has 1 aromatic heterocycles. The monoisotopic (exact) mass is 302 g/mol. The van der Waals surface area contributed by atoms with Crippen LogP contribution in [0.3, 0.4) is 0 Å². The van der Waals surface area contributed by atoms with Crippen molar-refractivity contribution in [1.29, 1.82) is 0 Å². The Bertz CT molecular complexity index is 417. The van der Waals surface area contributed by atoms with Crippen molar-refractivity contribution in [2.24, 2.45) is 0 Å². The second-order valence-electron chi connectivity index (χ2n) is 4.35. The minimum Gasteiger partial charge on any atom is -0.370 e. The van der Waals surface area contributed by atoms with Crippen LogP contribution in [0.15, 0.2) is 4.47 Å². The highest BCUT2D eigenvalue weighted by molar-refractivity contribution is 9.10. The Labute approximate surface area is 108 Å². The Morgan fingerprint density at radius 3 is 2.69 bits per heavy atom. The highest BCUT2D eigenvalue weighted by atomic mass is 79.9. The molecule has 1 aliphatic carbocycles. The van der Waals surface area contributed by atoms with Crippen molar-refractivity contribution in [1.82, 2.24) is 9.97 Å². The third-order valence-electron chi connectivity index (χ3n) is 3.04. The molecule has 1 saturated carbocycles. The minimum absolute atomic E-state index is 0.0445. The molecule has 16 heavy (non-hydrogen) atoms. The number of nitrogens with zero attached hydrogens (tertiary/aromatic N) is 2. The van der Waals surface area contributed by atoms with E-state index in [9.17, 15) is 0 Å². The summed E-state index contributed by atoms with van der Waals surface area (Å²) >= 11 is 9.58. The van der Waals surface area contributed by atoms with Gasteiger partial charge in [-0.15, -0.1) is 0 Å². The summed E-state index contributed by atoms with van der Waals surface area (Å²) in [4.78, 5) is 8.92. The predicted molar refractivity (Wildman–Crippen MR) is 64.6 cm³/mol. The number of rotatable bonds is 2. The van der Waals surface area contributed by atoms with Crippen molar-refractivity contribution in [3.05, 3.63) is 21.1 Å². The first-order valence-electron chi connectivity index (χ1n) is 5.60. The predicted octanol–water partition coefficient (Wildman–Crippen LogP) is 3.62. The van der Waals surface area contributed by atoms with Crippen LogP contribution in [0, 0.1) is 0 Å². The molecule has 86 valence electrons. The second-order valence-corrected chi connectivity index (χ2v) is 5.50. The van der Waals surface area contributed by atoms with Gasteiger partial charge in [-0.2, -0.15) is 0 Å². The van der Waals surface area contributed by atoms with Gasteiger partial charge in [0.15, 0.2) is 5.82 Å². The van der Waals surface area contributed by atoms with Crippen molar-refractivity contribution in [3.8, 4) is 0 Å². The van der Waals surface area contributed by atoms with Gasteiger partial charge in [0.25, 0.3) is 0 Å². The number of aromatic nitrogens is 2. The molecule has 5 heteroatoms. The van der Waals surface area contributed by atoms with Crippen LogP contribution >= 0.6 is 27.5 Å². The molecule has 2 heterocycles. The summed E-state index contributed by atoms with van der Waals surface area (Å²) < 4.78 is 6.45. The summed E-state index contributed by atoms with van der Waals surface area (Å²) in [6, 6.07) is 0. The Balaban J connectivity index is 1.98. The van der Waals surface area contributed by atoms with Crippen LogP contribution in [0.5, 0.6) is 0 Å². The molecule has 2 aliphatic rings. The maximum Gasteiger partial charge on any atom is 0.159 e. The summed E-state index contributed by atoms with van der Waals surface area (Å²) in [6.07, 6.45) is 4.54. The van der Waals surface area contributed by atoms with Gasteiger partial charge in [0, 0.05) is 12.5 Å². The summed E-state index contributed by atoms with van der Waals surface area (Å²) in [7, 11) is 0. The van der Waals surface area contributed by atoms with E-state index in [0.29, 0.717) is 11.1 Å². The lowest BCUT2D eigenvalue weighted by atomic mass is 10.2. The molecular formula is C11H12BrClN2O. The molecule has 0 radical (unpaired) electrons. The lowest BCUT2D eigenvalue weighted by Gasteiger charge is -2.11. The molecule has 0 spiro atoms. The van der Waals surface area contributed by atoms with Gasteiger partial charge in [0.1, 0.15) is 11.3 Å². The van der Waals surface area contributed by atoms with Crippen LogP contribution in [0.25, 0.3) is 0 Å². The molecule has 0 bridgehead atoms. The first-order chi connectivity index (χ1) is 7.75. The summed E-state index contributed by atoms with van der Waals surface area (Å²) in [6.45, 7) is 0.806. The zero-order valence-electron chi connectivity index (χ0n) is 8.75. The van der Waals surface area contributed by atoms with Crippen molar-refractivity contribution < 1.29 is 4.74 Å². The Hall–Kier alpha value is -0.190. The van der Waals surface area contributed by atoms with Crippen LogP contribution in [0.2, 0.25) is 5.15 Å². The number of hydrogen-bond acceptors (Lipinski definition) is 3. The zero-order chi connectivity index (χ0) is 11.1. The van der Waals surface area contributed by atoms with Gasteiger partial charge >= 0.3 is 0 Å². The third-order valence-corrected chi connectivity index (χ3v) is 4.32. The maximum absolute atomic E-state index is 6.12. The molecule has 3 nitrogen and oxygen atoms in total. The quantitative estimate of drug-likeness (QED) is 0.783. The average Bonchev–Trinajstić information content (AvgIpc) is 2.96. The molecule has 1 aromatic rings. The largest absolute Gasteiger partial charge is 0.370 e. The van der Waals surface area contributed by atoms with E-state index in [1.807, 2.05) is 0 Å². The summed E-state index contributed by atoms with van der Waals surface area (Å²) in [5.41, 5.74) is 1.06. The molecule has 0 aromatic carbocycles. The van der Waals surface area contributed by atoms with Gasteiger partial charge in [-0.05, 0) is 41.6 Å². The van der Waals surface area contributed by atoms with E-state index >= 15 is 0 Å². The molecule has 0 N–H and O–H groups in total. The third kappa shape index (κ3) is 1.98. The van der Waals surface area contributed by atoms with E-state index in [4.69, 9.17) is 16.3 Å². The molecule has 1 atom stereocenters. The van der Waals surface area contributed by atoms with E-state index in [1.54, 1.807) is 0 Å². The molecule has 1 unspecified atom stereocenters. The van der Waals surface area contributed by atoms with Crippen molar-refractivity contribution in [2.45, 2.75) is 37.7 Å². The van der Waals surface area contributed by atoms with Crippen LogP contribution in [0.4, 0.5) is 0 Å². The van der Waals surface area contributed by atoms with Crippen LogP contribution in [-0.2, 0) is 4.74 Å². The van der Waals surface area contributed by atoms with Gasteiger partial charge in [-0.25, -0.2) is 9.97 Å². The van der Waals surface area contributed by atoms with Gasteiger partial charge in [-0.3, -0.25) is 0 Å². The summed E-state index contributed by atoms with van der Waals surface area (Å²) in [5, 5.41) is 0.516. The first-order valence-corrected chi connectivity index (χ1v) is 6.77. The molecule has 0 amide bonds. The zero-order valence-corrected chi connectivity index (χ0v) is 11.1. The standard InChI is InChI=1S/C11H12BrClN2O/c12-8-9(6-3-4-6)14-11(15-10(8)13)7-2-1-5-16-7/h6-7H,1-5H2. The van der Waals surface area contributed by atoms with Gasteiger partial charge in [0.2, 0.25) is 0 Å². The molecule has 1 saturated heterocycles. The SMILES string of the molecule is Clc1nc(C2CCCO2)nc(C2CC2)c1Br. The minimum atomic E-state index is 0.0445. The second kappa shape index (κ2) is 4.24. The first kappa shape index (κ1) is 10.9. The molecule has 3 rings (SSSR count). The van der Waals surface area contributed by atoms with Gasteiger partial charge < -0.3 is 4.74 Å². The molecule has 1 aliphatic heterocycles. The van der Waals surface area contributed by atoms with E-state index in [2.05, 4.69) is 25.9 Å². The smallest absolute Gasteiger partial charge is 0.159 e. The number of hydrogen-bond donors (Lipinski definition) is 0. The fraction of sp³-hybridized carbons (Fsp3) is 0.636. The van der Waals surface area contributed by atoms with E-state index in [1.165, 1.54) is 12.8 Å². The fourth-order valence-corrected chi connectivity index (χ4v) is 2.69. The lowest BCUT2D eigenvalue weighted by molar-refractivity contribution is 0.105. The van der Waals surface area contributed by atoms with Crippen LogP contribution in [-0.4, -0.2) is 16.6 Å². The highest BCUT2D eigenvalue weighted by Crippen LogP contribution is 2.44. The van der Waals surface area contributed by atoms with E-state index in [-0.39, 0.29) is 6.10 Å². The van der Waals surface area contributed by atoms with Crippen molar-refractivity contribution in [2.75, 3.05) is 6.61 Å². The highest BCUT2D eigenvalue weighted by Gasteiger charge is 2.31. The normalized spacial score (nSPS) is 25.0. The number of halogens is 2. The summed E-state index contributed by atoms with van der Waals surface area (Å²) in [5.74, 6) is 1.32. The number of ether oxygens (including phenoxy) is 1. The molecular weight excluding hydrogens is 291 g/mol. The maximum atomic E-state index is 6.12. The van der Waals surface area contributed by atoms with Crippen LogP contribution < -0.4 is 0 Å². The Morgan fingerprint density at radius 1 is 1.25 bits per heavy atom. The topological polar surface area (TPSA) is 35.0 Å². The van der Waals surface area contributed by atoms with Gasteiger partial charge in [-0.1, -0.05) is 11.6 Å². The van der Waals surface area contributed by atoms with E-state index < -0.39 is 0 Å².